The number of nitrogens with one attached hydrogen (secondary N) is 1. The van der Waals surface area contributed by atoms with Gasteiger partial charge in [-0.1, -0.05) is 12.1 Å². The maximum absolute atomic E-state index is 13.2. The minimum Gasteiger partial charge on any atom is -0.337 e. The molecule has 160 valence electrons. The van der Waals surface area contributed by atoms with Crippen LogP contribution in [-0.4, -0.2) is 51.2 Å². The van der Waals surface area contributed by atoms with E-state index in [0.29, 0.717) is 37.3 Å². The topological polar surface area (TPSA) is 70.5 Å². The first-order valence-corrected chi connectivity index (χ1v) is 9.82. The third-order valence-electron chi connectivity index (χ3n) is 5.60. The number of carbonyl (C=O) groups excluding carboxylic acids is 2. The van der Waals surface area contributed by atoms with Gasteiger partial charge in [0, 0.05) is 44.4 Å². The molecular weight excluding hydrogens is 399 g/mol. The van der Waals surface area contributed by atoms with Crippen LogP contribution in [0.5, 0.6) is 0 Å². The zero-order valence-electron chi connectivity index (χ0n) is 16.5. The van der Waals surface area contributed by atoms with E-state index in [1.54, 1.807) is 16.6 Å². The Morgan fingerprint density at radius 3 is 2.47 bits per heavy atom. The van der Waals surface area contributed by atoms with E-state index >= 15 is 0 Å². The molecule has 4 rings (SSSR count). The Hall–Kier alpha value is -3.04. The summed E-state index contributed by atoms with van der Waals surface area (Å²) in [6.45, 7) is 1.81. The monoisotopic (exact) mass is 421 g/mol. The molecule has 0 radical (unpaired) electrons. The number of carbonyl (C=O) groups is 2. The number of likely N-dealkylation sites (tertiary alicyclic amines) is 1. The molecular formula is C20H22F3N5O2. The number of anilines is 1. The molecule has 3 amide bonds. The van der Waals surface area contributed by atoms with Crippen LogP contribution in [0.1, 0.15) is 40.2 Å². The zero-order valence-corrected chi connectivity index (χ0v) is 16.5. The lowest BCUT2D eigenvalue weighted by molar-refractivity contribution is -0.136. The summed E-state index contributed by atoms with van der Waals surface area (Å²) in [6.07, 6.45) is -2.19. The highest BCUT2D eigenvalue weighted by molar-refractivity contribution is 5.95. The van der Waals surface area contributed by atoms with Crippen molar-refractivity contribution in [1.29, 1.82) is 0 Å². The molecule has 1 fully saturated rings. The number of hydrogen-bond donors (Lipinski definition) is 1. The van der Waals surface area contributed by atoms with E-state index in [0.717, 1.165) is 24.6 Å². The van der Waals surface area contributed by atoms with Gasteiger partial charge in [0.25, 0.3) is 5.91 Å². The summed E-state index contributed by atoms with van der Waals surface area (Å²) in [4.78, 5) is 28.8. The van der Waals surface area contributed by atoms with Gasteiger partial charge in [-0.15, -0.1) is 0 Å². The molecule has 0 atom stereocenters. The molecule has 1 N–H and O–H groups in total. The molecule has 1 saturated heterocycles. The highest BCUT2D eigenvalue weighted by Gasteiger charge is 2.35. The smallest absolute Gasteiger partial charge is 0.337 e. The zero-order chi connectivity index (χ0) is 21.5. The first kappa shape index (κ1) is 20.2. The number of amides is 3. The van der Waals surface area contributed by atoms with Crippen LogP contribution in [0.3, 0.4) is 0 Å². The van der Waals surface area contributed by atoms with Gasteiger partial charge in [-0.2, -0.15) is 18.3 Å². The van der Waals surface area contributed by atoms with Crippen molar-refractivity contribution in [3.63, 3.8) is 0 Å². The fourth-order valence-electron chi connectivity index (χ4n) is 4.04. The Morgan fingerprint density at radius 1 is 1.07 bits per heavy atom. The second kappa shape index (κ2) is 7.66. The number of urea groups is 1. The molecule has 2 aromatic rings. The summed E-state index contributed by atoms with van der Waals surface area (Å²) in [5.74, 6) is -0.158. The summed E-state index contributed by atoms with van der Waals surface area (Å²) < 4.78 is 41.3. The van der Waals surface area contributed by atoms with Crippen molar-refractivity contribution in [3.8, 4) is 0 Å². The van der Waals surface area contributed by atoms with Crippen LogP contribution in [-0.2, 0) is 26.2 Å². The Labute approximate surface area is 171 Å². The molecule has 2 aliphatic heterocycles. The quantitative estimate of drug-likeness (QED) is 0.809. The minimum absolute atomic E-state index is 0.123. The van der Waals surface area contributed by atoms with Gasteiger partial charge in [0.05, 0.1) is 17.8 Å². The third kappa shape index (κ3) is 3.73. The number of aromatic nitrogens is 2. The van der Waals surface area contributed by atoms with E-state index in [4.69, 9.17) is 0 Å². The molecule has 0 spiro atoms. The normalized spacial score (nSPS) is 16.5. The van der Waals surface area contributed by atoms with E-state index in [-0.39, 0.29) is 18.1 Å². The van der Waals surface area contributed by atoms with Crippen molar-refractivity contribution >= 4 is 17.6 Å². The maximum atomic E-state index is 13.2. The molecule has 1 aromatic heterocycles. The highest BCUT2D eigenvalue weighted by atomic mass is 19.4. The summed E-state index contributed by atoms with van der Waals surface area (Å²) in [5, 5.41) is 6.75. The first-order valence-electron chi connectivity index (χ1n) is 9.82. The van der Waals surface area contributed by atoms with Crippen LogP contribution in [0, 0.1) is 0 Å². The van der Waals surface area contributed by atoms with Gasteiger partial charge in [0.1, 0.15) is 0 Å². The second-order valence-corrected chi connectivity index (χ2v) is 7.54. The Balaban J connectivity index is 1.55. The number of fused-ring (bicyclic) bond motifs is 1. The van der Waals surface area contributed by atoms with Gasteiger partial charge in [-0.05, 0) is 25.0 Å². The summed E-state index contributed by atoms with van der Waals surface area (Å²) in [7, 11) is 1.76. The molecule has 10 heteroatoms. The van der Waals surface area contributed by atoms with Gasteiger partial charge >= 0.3 is 12.2 Å². The van der Waals surface area contributed by atoms with Crippen LogP contribution in [0.15, 0.2) is 24.3 Å². The van der Waals surface area contributed by atoms with Crippen molar-refractivity contribution in [3.05, 3.63) is 46.8 Å². The number of rotatable bonds is 2. The van der Waals surface area contributed by atoms with Crippen LogP contribution >= 0.6 is 0 Å². The minimum atomic E-state index is -4.57. The average molecular weight is 421 g/mol. The molecule has 3 heterocycles. The number of alkyl halides is 3. The van der Waals surface area contributed by atoms with Gasteiger partial charge in [0.15, 0.2) is 5.69 Å². The predicted molar refractivity (Wildman–Crippen MR) is 103 cm³/mol. The fraction of sp³-hybridized carbons (Fsp3) is 0.450. The van der Waals surface area contributed by atoms with E-state index in [9.17, 15) is 22.8 Å². The summed E-state index contributed by atoms with van der Waals surface area (Å²) in [6, 6.07) is 4.23. The molecule has 0 unspecified atom stereocenters. The lowest BCUT2D eigenvalue weighted by atomic mass is 10.0. The Kier molecular flexibility index (Phi) is 5.17. The summed E-state index contributed by atoms with van der Waals surface area (Å²) in [5.41, 5.74) is 0.669. The fourth-order valence-corrected chi connectivity index (χ4v) is 4.04. The second-order valence-electron chi connectivity index (χ2n) is 7.54. The number of aryl methyl sites for hydroxylation is 1. The van der Waals surface area contributed by atoms with Gasteiger partial charge < -0.3 is 15.1 Å². The number of halogens is 3. The third-order valence-corrected chi connectivity index (χ3v) is 5.60. The number of para-hydroxylation sites is 1. The number of nitrogens with zero attached hydrogens (tertiary/aromatic N) is 4. The van der Waals surface area contributed by atoms with Gasteiger partial charge in [0.2, 0.25) is 0 Å². The van der Waals surface area contributed by atoms with Crippen molar-refractivity contribution in [2.24, 2.45) is 7.05 Å². The molecule has 1 aromatic carbocycles. The van der Waals surface area contributed by atoms with Crippen molar-refractivity contribution < 1.29 is 22.8 Å². The van der Waals surface area contributed by atoms with E-state index in [1.807, 2.05) is 0 Å². The average Bonchev–Trinajstić information content (AvgIpc) is 3.35. The molecule has 0 bridgehead atoms. The highest BCUT2D eigenvalue weighted by Crippen LogP contribution is 2.35. The van der Waals surface area contributed by atoms with Crippen LogP contribution < -0.4 is 5.32 Å². The van der Waals surface area contributed by atoms with Crippen molar-refractivity contribution in [2.45, 2.75) is 32.0 Å². The van der Waals surface area contributed by atoms with E-state index in [2.05, 4.69) is 10.4 Å². The number of hydrogen-bond acceptors (Lipinski definition) is 3. The Bertz CT molecular complexity index is 979. The molecule has 7 nitrogen and oxygen atoms in total. The van der Waals surface area contributed by atoms with Crippen molar-refractivity contribution in [1.82, 2.24) is 19.6 Å². The van der Waals surface area contributed by atoms with Gasteiger partial charge in [-0.3, -0.25) is 9.48 Å². The van der Waals surface area contributed by atoms with E-state index < -0.39 is 17.8 Å². The first-order chi connectivity index (χ1) is 14.3. The van der Waals surface area contributed by atoms with Crippen LogP contribution in [0.25, 0.3) is 0 Å². The van der Waals surface area contributed by atoms with Crippen molar-refractivity contribution in [2.75, 3.05) is 25.0 Å². The standard InChI is InChI=1S/C20H22F3N5O2/c1-26-16-8-11-28(12-13(16)17(25-26)18(29)27-9-4-5-10-27)19(30)24-15-7-3-2-6-14(15)20(21,22)23/h2-3,6-7H,4-5,8-12H2,1H3,(H,24,30). The molecule has 0 aliphatic carbocycles. The molecule has 30 heavy (non-hydrogen) atoms. The number of benzene rings is 1. The SMILES string of the molecule is Cn1nc(C(=O)N2CCCC2)c2c1CCN(C(=O)Nc1ccccc1C(F)(F)F)C2. The predicted octanol–water partition coefficient (Wildman–Crippen LogP) is 3.27. The Morgan fingerprint density at radius 2 is 1.77 bits per heavy atom. The van der Waals surface area contributed by atoms with Gasteiger partial charge in [-0.25, -0.2) is 4.79 Å². The lowest BCUT2D eigenvalue weighted by Crippen LogP contribution is -2.40. The molecule has 2 aliphatic rings. The maximum Gasteiger partial charge on any atom is 0.418 e. The summed E-state index contributed by atoms with van der Waals surface area (Å²) >= 11 is 0. The molecule has 0 saturated carbocycles. The largest absolute Gasteiger partial charge is 0.418 e. The van der Waals surface area contributed by atoms with Crippen LogP contribution in [0.2, 0.25) is 0 Å². The lowest BCUT2D eigenvalue weighted by Gasteiger charge is -2.28. The van der Waals surface area contributed by atoms with Crippen LogP contribution in [0.4, 0.5) is 23.7 Å². The van der Waals surface area contributed by atoms with E-state index in [1.165, 1.54) is 23.1 Å².